The Hall–Kier alpha value is -1.84. The first-order chi connectivity index (χ1) is 8.65. The minimum Gasteiger partial charge on any atom is -0.445 e. The summed E-state index contributed by atoms with van der Waals surface area (Å²) in [5, 5.41) is 2.87. The smallest absolute Gasteiger partial charge is 0.407 e. The number of benzene rings is 1. The molecule has 0 spiro atoms. The summed E-state index contributed by atoms with van der Waals surface area (Å²) in [6.45, 7) is 0.279. The van der Waals surface area contributed by atoms with Crippen molar-refractivity contribution < 1.29 is 14.3 Å². The quantitative estimate of drug-likeness (QED) is 0.826. The highest BCUT2D eigenvalue weighted by molar-refractivity contribution is 5.74. The Labute approximate surface area is 105 Å². The maximum atomic E-state index is 11.6. The standard InChI is InChI=1S/C14H15NO3/c16-10-13-7-14(8-13,9-13)15-12(17)18-6-11-4-2-1-3-5-11/h1-5,10H,6-9H2,(H,15,17). The molecule has 0 aromatic heterocycles. The van der Waals surface area contributed by atoms with Crippen LogP contribution in [-0.2, 0) is 16.1 Å². The van der Waals surface area contributed by atoms with E-state index in [1.54, 1.807) is 0 Å². The molecule has 3 fully saturated rings. The molecule has 3 saturated carbocycles. The fourth-order valence-electron chi connectivity index (χ4n) is 3.10. The number of hydrogen-bond donors (Lipinski definition) is 1. The number of carbonyl (C=O) groups is 2. The second-order valence-corrected chi connectivity index (χ2v) is 5.48. The van der Waals surface area contributed by atoms with Crippen LogP contribution in [0.3, 0.4) is 0 Å². The molecule has 1 amide bonds. The fraction of sp³-hybridized carbons (Fsp3) is 0.429. The van der Waals surface area contributed by atoms with Gasteiger partial charge in [0.1, 0.15) is 12.9 Å². The predicted molar refractivity (Wildman–Crippen MR) is 64.8 cm³/mol. The molecule has 0 unspecified atom stereocenters. The van der Waals surface area contributed by atoms with Crippen molar-refractivity contribution in [3.05, 3.63) is 35.9 Å². The third-order valence-corrected chi connectivity index (χ3v) is 3.90. The average molecular weight is 245 g/mol. The Balaban J connectivity index is 1.45. The summed E-state index contributed by atoms with van der Waals surface area (Å²) in [5.41, 5.74) is 0.677. The number of ether oxygens (including phenoxy) is 1. The summed E-state index contributed by atoms with van der Waals surface area (Å²) < 4.78 is 5.15. The molecular weight excluding hydrogens is 230 g/mol. The number of nitrogens with one attached hydrogen (secondary N) is 1. The highest BCUT2D eigenvalue weighted by atomic mass is 16.5. The van der Waals surface area contributed by atoms with E-state index >= 15 is 0 Å². The van der Waals surface area contributed by atoms with E-state index in [1.807, 2.05) is 30.3 Å². The molecule has 4 rings (SSSR count). The van der Waals surface area contributed by atoms with Gasteiger partial charge < -0.3 is 14.8 Å². The first kappa shape index (κ1) is 11.3. The van der Waals surface area contributed by atoms with Gasteiger partial charge in [-0.25, -0.2) is 4.79 Å². The molecule has 1 N–H and O–H groups in total. The first-order valence-corrected chi connectivity index (χ1v) is 6.11. The highest BCUT2D eigenvalue weighted by Crippen LogP contribution is 2.65. The number of hydrogen-bond acceptors (Lipinski definition) is 3. The second-order valence-electron chi connectivity index (χ2n) is 5.48. The second kappa shape index (κ2) is 3.83. The molecule has 0 atom stereocenters. The summed E-state index contributed by atoms with van der Waals surface area (Å²) in [7, 11) is 0. The molecule has 0 aliphatic heterocycles. The molecule has 3 aliphatic rings. The van der Waals surface area contributed by atoms with E-state index < -0.39 is 6.09 Å². The highest BCUT2D eigenvalue weighted by Gasteiger charge is 2.68. The van der Waals surface area contributed by atoms with Crippen LogP contribution in [-0.4, -0.2) is 17.9 Å². The summed E-state index contributed by atoms with van der Waals surface area (Å²) in [4.78, 5) is 22.4. The lowest BCUT2D eigenvalue weighted by molar-refractivity contribution is -0.163. The first-order valence-electron chi connectivity index (χ1n) is 6.11. The summed E-state index contributed by atoms with van der Waals surface area (Å²) in [5.74, 6) is 0. The molecule has 1 aromatic rings. The van der Waals surface area contributed by atoms with Gasteiger partial charge in [-0.05, 0) is 24.8 Å². The number of alkyl carbamates (subject to hydrolysis) is 1. The molecule has 0 radical (unpaired) electrons. The maximum Gasteiger partial charge on any atom is 0.407 e. The largest absolute Gasteiger partial charge is 0.445 e. The van der Waals surface area contributed by atoms with Crippen LogP contribution in [0.5, 0.6) is 0 Å². The van der Waals surface area contributed by atoms with E-state index in [0.717, 1.165) is 31.1 Å². The monoisotopic (exact) mass is 245 g/mol. The van der Waals surface area contributed by atoms with Gasteiger partial charge in [0.15, 0.2) is 0 Å². The number of aldehydes is 1. The van der Waals surface area contributed by atoms with Gasteiger partial charge >= 0.3 is 6.09 Å². The van der Waals surface area contributed by atoms with Crippen molar-refractivity contribution in [2.45, 2.75) is 31.4 Å². The molecule has 0 saturated heterocycles. The zero-order valence-electron chi connectivity index (χ0n) is 10.0. The van der Waals surface area contributed by atoms with Gasteiger partial charge in [0.25, 0.3) is 0 Å². The Morgan fingerprint density at radius 2 is 1.94 bits per heavy atom. The van der Waals surface area contributed by atoms with E-state index in [9.17, 15) is 9.59 Å². The number of amides is 1. The fourth-order valence-corrected chi connectivity index (χ4v) is 3.10. The Bertz CT molecular complexity index is 463. The van der Waals surface area contributed by atoms with Gasteiger partial charge in [0.05, 0.1) is 0 Å². The van der Waals surface area contributed by atoms with Crippen molar-refractivity contribution in [3.63, 3.8) is 0 Å². The van der Waals surface area contributed by atoms with Crippen LogP contribution in [0.25, 0.3) is 0 Å². The van der Waals surface area contributed by atoms with E-state index in [0.29, 0.717) is 0 Å². The molecule has 4 heteroatoms. The average Bonchev–Trinajstić information content (AvgIpc) is 2.30. The van der Waals surface area contributed by atoms with Gasteiger partial charge in [-0.1, -0.05) is 30.3 Å². The van der Waals surface area contributed by atoms with Crippen LogP contribution in [0.15, 0.2) is 30.3 Å². The lowest BCUT2D eigenvalue weighted by atomic mass is 9.40. The third-order valence-electron chi connectivity index (χ3n) is 3.90. The molecule has 94 valence electrons. The minimum atomic E-state index is -0.391. The molecule has 1 aromatic carbocycles. The van der Waals surface area contributed by atoms with Crippen LogP contribution >= 0.6 is 0 Å². The van der Waals surface area contributed by atoms with Crippen molar-refractivity contribution >= 4 is 12.4 Å². The van der Waals surface area contributed by atoms with Crippen LogP contribution in [0.1, 0.15) is 24.8 Å². The normalized spacial score (nSPS) is 31.8. The lowest BCUT2D eigenvalue weighted by Crippen LogP contribution is -2.75. The Morgan fingerprint density at radius 1 is 1.28 bits per heavy atom. The molecule has 3 aliphatic carbocycles. The van der Waals surface area contributed by atoms with Crippen LogP contribution in [0, 0.1) is 5.41 Å². The van der Waals surface area contributed by atoms with Gasteiger partial charge in [-0.15, -0.1) is 0 Å². The van der Waals surface area contributed by atoms with Crippen LogP contribution < -0.4 is 5.32 Å². The van der Waals surface area contributed by atoms with Gasteiger partial charge in [-0.2, -0.15) is 0 Å². The number of rotatable bonds is 4. The van der Waals surface area contributed by atoms with Crippen molar-refractivity contribution in [1.29, 1.82) is 0 Å². The lowest BCUT2D eigenvalue weighted by Gasteiger charge is -2.67. The van der Waals surface area contributed by atoms with Crippen LogP contribution in [0.4, 0.5) is 4.79 Å². The topological polar surface area (TPSA) is 55.4 Å². The molecule has 18 heavy (non-hydrogen) atoms. The van der Waals surface area contributed by atoms with Gasteiger partial charge in [0, 0.05) is 11.0 Å². The molecule has 4 nitrogen and oxygen atoms in total. The molecule has 0 heterocycles. The van der Waals surface area contributed by atoms with Crippen molar-refractivity contribution in [2.75, 3.05) is 0 Å². The zero-order valence-corrected chi connectivity index (χ0v) is 10.0. The third kappa shape index (κ3) is 1.78. The molecular formula is C14H15NO3. The Kier molecular flexibility index (Phi) is 2.40. The zero-order chi connectivity index (χ0) is 12.6. The number of carbonyl (C=O) groups excluding carboxylic acids is 2. The predicted octanol–water partition coefficient (Wildman–Crippen LogP) is 2.03. The summed E-state index contributed by atoms with van der Waals surface area (Å²) >= 11 is 0. The SMILES string of the molecule is O=CC12CC(NC(=O)OCc3ccccc3)(C1)C2. The van der Waals surface area contributed by atoms with Crippen molar-refractivity contribution in [2.24, 2.45) is 5.41 Å². The van der Waals surface area contributed by atoms with Crippen molar-refractivity contribution in [1.82, 2.24) is 5.32 Å². The van der Waals surface area contributed by atoms with E-state index in [4.69, 9.17) is 4.74 Å². The summed E-state index contributed by atoms with van der Waals surface area (Å²) in [6, 6.07) is 9.56. The van der Waals surface area contributed by atoms with Gasteiger partial charge in [0.2, 0.25) is 0 Å². The van der Waals surface area contributed by atoms with E-state index in [2.05, 4.69) is 5.32 Å². The van der Waals surface area contributed by atoms with E-state index in [1.165, 1.54) is 0 Å². The molecule has 2 bridgehead atoms. The Morgan fingerprint density at radius 3 is 2.56 bits per heavy atom. The summed E-state index contributed by atoms with van der Waals surface area (Å²) in [6.07, 6.45) is 2.93. The minimum absolute atomic E-state index is 0.132. The van der Waals surface area contributed by atoms with E-state index in [-0.39, 0.29) is 17.6 Å². The van der Waals surface area contributed by atoms with Crippen LogP contribution in [0.2, 0.25) is 0 Å². The maximum absolute atomic E-state index is 11.6. The van der Waals surface area contributed by atoms with Crippen molar-refractivity contribution in [3.8, 4) is 0 Å². The van der Waals surface area contributed by atoms with Gasteiger partial charge in [-0.3, -0.25) is 0 Å².